The first-order chi connectivity index (χ1) is 8.33. The average Bonchev–Trinajstić information content (AvgIpc) is 2.79. The summed E-state index contributed by atoms with van der Waals surface area (Å²) in [5.74, 6) is 2.35. The standard InChI is InChI=1S/C12H17N3OS/c16-11-9-6-17-7-10(9)14-12(15-11)13-8-4-2-1-3-5-8/h8H,1-7H2,(H2,13,14,15,16). The van der Waals surface area contributed by atoms with Crippen LogP contribution in [0.2, 0.25) is 0 Å². The number of H-pyrrole nitrogens is 1. The van der Waals surface area contributed by atoms with Gasteiger partial charge in [0.15, 0.2) is 0 Å². The van der Waals surface area contributed by atoms with Gasteiger partial charge in [-0.1, -0.05) is 19.3 Å². The Kier molecular flexibility index (Phi) is 3.09. The smallest absolute Gasteiger partial charge is 0.256 e. The number of rotatable bonds is 2. The summed E-state index contributed by atoms with van der Waals surface area (Å²) in [6.45, 7) is 0. The Hall–Kier alpha value is -0.970. The van der Waals surface area contributed by atoms with Crippen molar-refractivity contribution in [3.8, 4) is 0 Å². The molecule has 1 aliphatic heterocycles. The van der Waals surface area contributed by atoms with E-state index in [1.807, 2.05) is 0 Å². The van der Waals surface area contributed by atoms with Crippen LogP contribution >= 0.6 is 11.8 Å². The van der Waals surface area contributed by atoms with Crippen LogP contribution < -0.4 is 10.9 Å². The van der Waals surface area contributed by atoms with Crippen molar-refractivity contribution in [1.82, 2.24) is 9.97 Å². The van der Waals surface area contributed by atoms with Crippen LogP contribution in [0.1, 0.15) is 43.4 Å². The molecule has 2 aliphatic rings. The first kappa shape index (κ1) is 11.1. The zero-order valence-corrected chi connectivity index (χ0v) is 10.6. The molecule has 92 valence electrons. The monoisotopic (exact) mass is 251 g/mol. The quantitative estimate of drug-likeness (QED) is 0.846. The molecule has 2 N–H and O–H groups in total. The molecule has 1 aromatic heterocycles. The highest BCUT2D eigenvalue weighted by atomic mass is 32.2. The first-order valence-corrected chi connectivity index (χ1v) is 7.45. The molecule has 0 radical (unpaired) electrons. The molecule has 1 aromatic rings. The maximum Gasteiger partial charge on any atom is 0.256 e. The van der Waals surface area contributed by atoms with Crippen molar-refractivity contribution in [3.05, 3.63) is 21.6 Å². The molecule has 0 spiro atoms. The molecule has 4 nitrogen and oxygen atoms in total. The van der Waals surface area contributed by atoms with Gasteiger partial charge in [0, 0.05) is 23.1 Å². The van der Waals surface area contributed by atoms with E-state index in [4.69, 9.17) is 0 Å². The molecule has 1 aliphatic carbocycles. The van der Waals surface area contributed by atoms with E-state index < -0.39 is 0 Å². The van der Waals surface area contributed by atoms with Crippen molar-refractivity contribution in [2.75, 3.05) is 5.32 Å². The summed E-state index contributed by atoms with van der Waals surface area (Å²) in [6, 6.07) is 0.485. The third kappa shape index (κ3) is 2.34. The van der Waals surface area contributed by atoms with Crippen molar-refractivity contribution in [2.45, 2.75) is 49.7 Å². The second-order valence-corrected chi connectivity index (χ2v) is 5.80. The van der Waals surface area contributed by atoms with Crippen LogP contribution in [-0.4, -0.2) is 16.0 Å². The number of hydrogen-bond donors (Lipinski definition) is 2. The molecular weight excluding hydrogens is 234 g/mol. The van der Waals surface area contributed by atoms with Gasteiger partial charge >= 0.3 is 0 Å². The van der Waals surface area contributed by atoms with Crippen molar-refractivity contribution in [2.24, 2.45) is 0 Å². The Morgan fingerprint density at radius 2 is 2.06 bits per heavy atom. The number of hydrogen-bond acceptors (Lipinski definition) is 4. The maximum atomic E-state index is 11.8. The summed E-state index contributed by atoms with van der Waals surface area (Å²) in [5.41, 5.74) is 1.87. The van der Waals surface area contributed by atoms with E-state index in [0.717, 1.165) is 22.8 Å². The highest BCUT2D eigenvalue weighted by Crippen LogP contribution is 2.26. The summed E-state index contributed by atoms with van der Waals surface area (Å²) >= 11 is 1.76. The minimum absolute atomic E-state index is 0.0401. The Morgan fingerprint density at radius 1 is 1.24 bits per heavy atom. The summed E-state index contributed by atoms with van der Waals surface area (Å²) in [5, 5.41) is 3.38. The maximum absolute atomic E-state index is 11.8. The van der Waals surface area contributed by atoms with E-state index in [0.29, 0.717) is 12.0 Å². The lowest BCUT2D eigenvalue weighted by Crippen LogP contribution is -2.26. The Bertz CT molecular complexity index is 465. The van der Waals surface area contributed by atoms with Crippen LogP contribution in [0.3, 0.4) is 0 Å². The molecule has 0 unspecified atom stereocenters. The van der Waals surface area contributed by atoms with Crippen molar-refractivity contribution in [3.63, 3.8) is 0 Å². The van der Waals surface area contributed by atoms with Gasteiger partial charge in [0.25, 0.3) is 5.56 Å². The molecule has 0 amide bonds. The summed E-state index contributed by atoms with van der Waals surface area (Å²) in [7, 11) is 0. The second-order valence-electron chi connectivity index (χ2n) is 4.81. The molecule has 0 saturated heterocycles. The Labute approximate surface area is 105 Å². The topological polar surface area (TPSA) is 57.8 Å². The second kappa shape index (κ2) is 4.72. The van der Waals surface area contributed by atoms with Crippen LogP contribution in [-0.2, 0) is 11.5 Å². The normalized spacial score (nSPS) is 20.2. The number of nitrogens with one attached hydrogen (secondary N) is 2. The molecule has 0 aromatic carbocycles. The predicted molar refractivity (Wildman–Crippen MR) is 70.4 cm³/mol. The van der Waals surface area contributed by atoms with Gasteiger partial charge in [0.1, 0.15) is 0 Å². The van der Waals surface area contributed by atoms with Crippen molar-refractivity contribution in [1.29, 1.82) is 0 Å². The highest BCUT2D eigenvalue weighted by Gasteiger charge is 2.19. The van der Waals surface area contributed by atoms with Gasteiger partial charge in [-0.15, -0.1) is 0 Å². The van der Waals surface area contributed by atoms with Gasteiger partial charge in [-0.2, -0.15) is 11.8 Å². The van der Waals surface area contributed by atoms with Crippen LogP contribution in [0.25, 0.3) is 0 Å². The van der Waals surface area contributed by atoms with Crippen LogP contribution in [0.4, 0.5) is 5.95 Å². The van der Waals surface area contributed by atoms with Gasteiger partial charge in [-0.3, -0.25) is 9.78 Å². The molecule has 0 bridgehead atoms. The molecule has 5 heteroatoms. The third-order valence-corrected chi connectivity index (χ3v) is 4.50. The minimum atomic E-state index is 0.0401. The zero-order valence-electron chi connectivity index (χ0n) is 9.79. The van der Waals surface area contributed by atoms with E-state index in [-0.39, 0.29) is 5.56 Å². The Morgan fingerprint density at radius 3 is 2.88 bits per heavy atom. The SMILES string of the molecule is O=c1[nH]c(NC2CCCCC2)nc2c1CSC2. The van der Waals surface area contributed by atoms with E-state index >= 15 is 0 Å². The number of aromatic nitrogens is 2. The van der Waals surface area contributed by atoms with Crippen LogP contribution in [0.15, 0.2) is 4.79 Å². The number of nitrogens with zero attached hydrogens (tertiary/aromatic N) is 1. The van der Waals surface area contributed by atoms with E-state index in [1.165, 1.54) is 32.1 Å². The Balaban J connectivity index is 1.79. The number of aromatic amines is 1. The first-order valence-electron chi connectivity index (χ1n) is 6.29. The molecule has 17 heavy (non-hydrogen) atoms. The molecule has 1 fully saturated rings. The van der Waals surface area contributed by atoms with E-state index in [9.17, 15) is 4.79 Å². The fraction of sp³-hybridized carbons (Fsp3) is 0.667. The third-order valence-electron chi connectivity index (χ3n) is 3.53. The van der Waals surface area contributed by atoms with Gasteiger partial charge in [-0.25, -0.2) is 4.98 Å². The van der Waals surface area contributed by atoms with E-state index in [2.05, 4.69) is 15.3 Å². The molecule has 1 saturated carbocycles. The number of anilines is 1. The summed E-state index contributed by atoms with van der Waals surface area (Å²) in [4.78, 5) is 19.2. The van der Waals surface area contributed by atoms with Gasteiger partial charge in [0.05, 0.1) is 5.69 Å². The summed E-state index contributed by atoms with van der Waals surface area (Å²) in [6.07, 6.45) is 6.28. The van der Waals surface area contributed by atoms with Gasteiger partial charge in [0.2, 0.25) is 5.95 Å². The van der Waals surface area contributed by atoms with Crippen LogP contribution in [0.5, 0.6) is 0 Å². The average molecular weight is 251 g/mol. The van der Waals surface area contributed by atoms with Crippen molar-refractivity contribution < 1.29 is 0 Å². The van der Waals surface area contributed by atoms with Gasteiger partial charge < -0.3 is 5.32 Å². The molecule has 0 atom stereocenters. The lowest BCUT2D eigenvalue weighted by Gasteiger charge is -2.23. The predicted octanol–water partition coefficient (Wildman–Crippen LogP) is 2.26. The van der Waals surface area contributed by atoms with Gasteiger partial charge in [-0.05, 0) is 12.8 Å². The lowest BCUT2D eigenvalue weighted by molar-refractivity contribution is 0.460. The zero-order chi connectivity index (χ0) is 11.7. The minimum Gasteiger partial charge on any atom is -0.353 e. The van der Waals surface area contributed by atoms with Crippen molar-refractivity contribution >= 4 is 17.7 Å². The molecular formula is C12H17N3OS. The lowest BCUT2D eigenvalue weighted by atomic mass is 9.96. The fourth-order valence-electron chi connectivity index (χ4n) is 2.57. The van der Waals surface area contributed by atoms with Crippen LogP contribution in [0, 0.1) is 0 Å². The highest BCUT2D eigenvalue weighted by molar-refractivity contribution is 7.98. The fourth-order valence-corrected chi connectivity index (χ4v) is 3.61. The molecule has 2 heterocycles. The largest absolute Gasteiger partial charge is 0.353 e. The number of thioether (sulfide) groups is 1. The molecule has 3 rings (SSSR count). The summed E-state index contributed by atoms with van der Waals surface area (Å²) < 4.78 is 0. The van der Waals surface area contributed by atoms with E-state index in [1.54, 1.807) is 11.8 Å². The number of fused-ring (bicyclic) bond motifs is 1.